The number of carbonyl (C=O) groups excluding carboxylic acids is 1. The van der Waals surface area contributed by atoms with E-state index >= 15 is 0 Å². The molecule has 0 saturated heterocycles. The summed E-state index contributed by atoms with van der Waals surface area (Å²) in [5, 5.41) is 0.962. The fourth-order valence-corrected chi connectivity index (χ4v) is 1.58. The molecule has 0 bridgehead atoms. The quantitative estimate of drug-likeness (QED) is 0.806. The lowest BCUT2D eigenvalue weighted by molar-refractivity contribution is 0.0595. The molecule has 0 unspecified atom stereocenters. The van der Waals surface area contributed by atoms with Crippen LogP contribution < -0.4 is 4.74 Å². The first-order valence-electron chi connectivity index (χ1n) is 5.08. The summed E-state index contributed by atoms with van der Waals surface area (Å²) >= 11 is 0. The van der Waals surface area contributed by atoms with E-state index in [1.165, 1.54) is 7.11 Å². The maximum absolute atomic E-state index is 11.3. The van der Waals surface area contributed by atoms with Gasteiger partial charge in [-0.25, -0.2) is 4.79 Å². The summed E-state index contributed by atoms with van der Waals surface area (Å²) in [6.45, 7) is 2.55. The van der Waals surface area contributed by atoms with E-state index in [1.54, 1.807) is 6.07 Å². The predicted octanol–water partition coefficient (Wildman–Crippen LogP) is 2.35. The van der Waals surface area contributed by atoms with Crippen LogP contribution in [0.4, 0.5) is 0 Å². The fraction of sp³-hybridized carbons (Fsp3) is 0.250. The Labute approximate surface area is 93.2 Å². The monoisotopic (exact) mass is 219 g/mol. The second kappa shape index (κ2) is 4.26. The molecule has 1 N–H and O–H groups in total. The Hall–Kier alpha value is -1.97. The molecule has 0 fully saturated rings. The number of ether oxygens (including phenoxy) is 2. The molecule has 1 aromatic heterocycles. The summed E-state index contributed by atoms with van der Waals surface area (Å²) < 4.78 is 10.0. The van der Waals surface area contributed by atoms with E-state index in [0.29, 0.717) is 12.3 Å². The number of hydrogen-bond donors (Lipinski definition) is 1. The zero-order chi connectivity index (χ0) is 11.5. The van der Waals surface area contributed by atoms with Gasteiger partial charge in [0.1, 0.15) is 11.4 Å². The number of aromatic amines is 1. The Kier molecular flexibility index (Phi) is 2.81. The van der Waals surface area contributed by atoms with Gasteiger partial charge in [-0.05, 0) is 25.1 Å². The molecule has 2 aromatic rings. The SMILES string of the molecule is CCOc1ccc2cc(C(=O)OC)[nH]c2c1. The van der Waals surface area contributed by atoms with E-state index in [9.17, 15) is 4.79 Å². The van der Waals surface area contributed by atoms with Crippen LogP contribution in [0.15, 0.2) is 24.3 Å². The number of aromatic nitrogens is 1. The molecule has 0 saturated carbocycles. The Morgan fingerprint density at radius 2 is 2.19 bits per heavy atom. The molecule has 0 radical (unpaired) electrons. The van der Waals surface area contributed by atoms with Crippen molar-refractivity contribution in [2.45, 2.75) is 6.92 Å². The average molecular weight is 219 g/mol. The van der Waals surface area contributed by atoms with Crippen molar-refractivity contribution < 1.29 is 14.3 Å². The lowest BCUT2D eigenvalue weighted by atomic mass is 10.2. The average Bonchev–Trinajstić information content (AvgIpc) is 2.71. The van der Waals surface area contributed by atoms with Crippen LogP contribution in [0.1, 0.15) is 17.4 Å². The topological polar surface area (TPSA) is 51.3 Å². The van der Waals surface area contributed by atoms with Crippen molar-refractivity contribution in [3.8, 4) is 5.75 Å². The lowest BCUT2D eigenvalue weighted by Crippen LogP contribution is -2.00. The largest absolute Gasteiger partial charge is 0.494 e. The highest BCUT2D eigenvalue weighted by Crippen LogP contribution is 2.21. The molecular formula is C12H13NO3. The molecule has 4 nitrogen and oxygen atoms in total. The molecule has 2 rings (SSSR count). The third kappa shape index (κ3) is 1.86. The van der Waals surface area contributed by atoms with Gasteiger partial charge in [-0.3, -0.25) is 0 Å². The van der Waals surface area contributed by atoms with Gasteiger partial charge in [0.05, 0.1) is 13.7 Å². The molecule has 1 aromatic carbocycles. The number of carbonyl (C=O) groups is 1. The number of hydrogen-bond acceptors (Lipinski definition) is 3. The first-order valence-corrected chi connectivity index (χ1v) is 5.08. The Bertz CT molecular complexity index is 516. The summed E-state index contributed by atoms with van der Waals surface area (Å²) in [6, 6.07) is 7.41. The Morgan fingerprint density at radius 3 is 2.88 bits per heavy atom. The van der Waals surface area contributed by atoms with E-state index in [1.807, 2.05) is 25.1 Å². The third-order valence-corrected chi connectivity index (χ3v) is 2.31. The minimum absolute atomic E-state index is 0.367. The zero-order valence-corrected chi connectivity index (χ0v) is 9.24. The molecule has 0 spiro atoms. The van der Waals surface area contributed by atoms with Crippen molar-refractivity contribution in [3.63, 3.8) is 0 Å². The van der Waals surface area contributed by atoms with Gasteiger partial charge < -0.3 is 14.5 Å². The molecule has 0 atom stereocenters. The summed E-state index contributed by atoms with van der Waals surface area (Å²) in [5.74, 6) is 0.419. The van der Waals surface area contributed by atoms with Crippen molar-refractivity contribution >= 4 is 16.9 Å². The van der Waals surface area contributed by atoms with Gasteiger partial charge in [0.2, 0.25) is 0 Å². The standard InChI is InChI=1S/C12H13NO3/c1-3-16-9-5-4-8-6-11(12(14)15-2)13-10(8)7-9/h4-7,13H,3H2,1-2H3. The van der Waals surface area contributed by atoms with Crippen LogP contribution in [-0.4, -0.2) is 24.7 Å². The smallest absolute Gasteiger partial charge is 0.354 e. The van der Waals surface area contributed by atoms with Crippen molar-refractivity contribution in [1.29, 1.82) is 0 Å². The van der Waals surface area contributed by atoms with Crippen LogP contribution in [0.5, 0.6) is 5.75 Å². The number of rotatable bonds is 3. The molecule has 4 heteroatoms. The molecule has 0 aliphatic heterocycles. The van der Waals surface area contributed by atoms with Gasteiger partial charge in [-0.15, -0.1) is 0 Å². The first-order chi connectivity index (χ1) is 7.74. The van der Waals surface area contributed by atoms with Gasteiger partial charge in [-0.2, -0.15) is 0 Å². The number of benzene rings is 1. The molecule has 16 heavy (non-hydrogen) atoms. The minimum Gasteiger partial charge on any atom is -0.494 e. The van der Waals surface area contributed by atoms with Gasteiger partial charge >= 0.3 is 5.97 Å². The third-order valence-electron chi connectivity index (χ3n) is 2.31. The number of nitrogens with one attached hydrogen (secondary N) is 1. The summed E-state index contributed by atoms with van der Waals surface area (Å²) in [7, 11) is 1.36. The van der Waals surface area contributed by atoms with E-state index in [-0.39, 0.29) is 5.97 Å². The van der Waals surface area contributed by atoms with Gasteiger partial charge in [0.25, 0.3) is 0 Å². The van der Waals surface area contributed by atoms with Crippen LogP contribution in [0.2, 0.25) is 0 Å². The van der Waals surface area contributed by atoms with Crippen molar-refractivity contribution in [1.82, 2.24) is 4.98 Å². The molecular weight excluding hydrogens is 206 g/mol. The molecule has 0 aliphatic rings. The number of H-pyrrole nitrogens is 1. The fourth-order valence-electron chi connectivity index (χ4n) is 1.58. The highest BCUT2D eigenvalue weighted by molar-refractivity contribution is 5.95. The highest BCUT2D eigenvalue weighted by atomic mass is 16.5. The van der Waals surface area contributed by atoms with Crippen LogP contribution in [0.25, 0.3) is 10.9 Å². The second-order valence-electron chi connectivity index (χ2n) is 3.36. The molecule has 0 amide bonds. The van der Waals surface area contributed by atoms with Crippen LogP contribution in [0, 0.1) is 0 Å². The molecule has 84 valence electrons. The molecule has 1 heterocycles. The van der Waals surface area contributed by atoms with Gasteiger partial charge in [-0.1, -0.05) is 0 Å². The predicted molar refractivity (Wildman–Crippen MR) is 60.8 cm³/mol. The van der Waals surface area contributed by atoms with Gasteiger partial charge in [0, 0.05) is 17.0 Å². The Balaban J connectivity index is 2.41. The van der Waals surface area contributed by atoms with E-state index < -0.39 is 0 Å². The number of fused-ring (bicyclic) bond motifs is 1. The maximum atomic E-state index is 11.3. The van der Waals surface area contributed by atoms with Crippen molar-refractivity contribution in [2.75, 3.05) is 13.7 Å². The van der Waals surface area contributed by atoms with Crippen LogP contribution in [-0.2, 0) is 4.74 Å². The van der Waals surface area contributed by atoms with E-state index in [2.05, 4.69) is 9.72 Å². The molecule has 0 aliphatic carbocycles. The zero-order valence-electron chi connectivity index (χ0n) is 9.24. The summed E-state index contributed by atoms with van der Waals surface area (Å²) in [4.78, 5) is 14.3. The van der Waals surface area contributed by atoms with Crippen molar-refractivity contribution in [2.24, 2.45) is 0 Å². The summed E-state index contributed by atoms with van der Waals surface area (Å²) in [5.41, 5.74) is 1.32. The minimum atomic E-state index is -0.367. The second-order valence-corrected chi connectivity index (χ2v) is 3.36. The first kappa shape index (κ1) is 10.5. The van der Waals surface area contributed by atoms with Gasteiger partial charge in [0.15, 0.2) is 0 Å². The summed E-state index contributed by atoms with van der Waals surface area (Å²) in [6.07, 6.45) is 0. The van der Waals surface area contributed by atoms with E-state index in [0.717, 1.165) is 16.7 Å². The number of methoxy groups -OCH3 is 1. The van der Waals surface area contributed by atoms with Crippen molar-refractivity contribution in [3.05, 3.63) is 30.0 Å². The number of esters is 1. The lowest BCUT2D eigenvalue weighted by Gasteiger charge is -2.01. The van der Waals surface area contributed by atoms with Crippen LogP contribution in [0.3, 0.4) is 0 Å². The van der Waals surface area contributed by atoms with E-state index in [4.69, 9.17) is 4.74 Å². The normalized spacial score (nSPS) is 10.4. The Morgan fingerprint density at radius 1 is 1.38 bits per heavy atom. The van der Waals surface area contributed by atoms with Crippen LogP contribution >= 0.6 is 0 Å². The maximum Gasteiger partial charge on any atom is 0.354 e. The highest BCUT2D eigenvalue weighted by Gasteiger charge is 2.09.